The second-order valence-corrected chi connectivity index (χ2v) is 9.67. The highest BCUT2D eigenvalue weighted by Gasteiger charge is 2.24. The Hall–Kier alpha value is -1.75. The molecule has 0 aliphatic carbocycles. The Kier molecular flexibility index (Phi) is 8.92. The van der Waals surface area contributed by atoms with E-state index in [4.69, 9.17) is 20.9 Å². The highest BCUT2D eigenvalue weighted by atomic mass is 32.5. The van der Waals surface area contributed by atoms with E-state index in [9.17, 15) is 10.1 Å². The first kappa shape index (κ1) is 21.5. The van der Waals surface area contributed by atoms with E-state index in [1.807, 2.05) is 30.3 Å². The zero-order valence-electron chi connectivity index (χ0n) is 15.6. The van der Waals surface area contributed by atoms with E-state index < -0.39 is 11.4 Å². The Morgan fingerprint density at radius 3 is 2.22 bits per heavy atom. The van der Waals surface area contributed by atoms with Gasteiger partial charge in [-0.2, -0.15) is 0 Å². The third kappa shape index (κ3) is 7.06. The highest BCUT2D eigenvalue weighted by Crippen LogP contribution is 2.48. The fraction of sp³-hybridized carbons (Fsp3) is 0.400. The van der Waals surface area contributed by atoms with Crippen molar-refractivity contribution in [3.63, 3.8) is 0 Å². The number of unbranched alkanes of at least 4 members (excludes halogenated alkanes) is 5. The molecule has 0 aromatic heterocycles. The van der Waals surface area contributed by atoms with E-state index in [1.54, 1.807) is 12.1 Å². The van der Waals surface area contributed by atoms with Gasteiger partial charge >= 0.3 is 0 Å². The smallest absolute Gasteiger partial charge is 0.269 e. The molecule has 5 nitrogen and oxygen atoms in total. The van der Waals surface area contributed by atoms with Crippen molar-refractivity contribution in [1.29, 1.82) is 0 Å². The number of non-ortho nitro benzene ring substituents is 1. The van der Waals surface area contributed by atoms with Crippen LogP contribution in [0.4, 0.5) is 5.69 Å². The fourth-order valence-electron chi connectivity index (χ4n) is 2.60. The van der Waals surface area contributed by atoms with Crippen LogP contribution in [-0.4, -0.2) is 11.5 Å². The molecular formula is C20H26NO4PS. The average molecular weight is 407 g/mol. The van der Waals surface area contributed by atoms with Crippen molar-refractivity contribution in [2.45, 2.75) is 45.4 Å². The molecule has 0 radical (unpaired) electrons. The Morgan fingerprint density at radius 2 is 1.59 bits per heavy atom. The summed E-state index contributed by atoms with van der Waals surface area (Å²) < 4.78 is 12.1. The maximum absolute atomic E-state index is 10.8. The molecule has 1 unspecified atom stereocenters. The molecule has 1 atom stereocenters. The first-order chi connectivity index (χ1) is 13.0. The number of rotatable bonds is 12. The summed E-state index contributed by atoms with van der Waals surface area (Å²) >= 11 is 5.79. The molecule has 0 amide bonds. The zero-order chi connectivity index (χ0) is 19.5. The van der Waals surface area contributed by atoms with E-state index in [0.717, 1.165) is 18.1 Å². The first-order valence-electron chi connectivity index (χ1n) is 9.29. The van der Waals surface area contributed by atoms with Crippen LogP contribution in [0.15, 0.2) is 54.6 Å². The summed E-state index contributed by atoms with van der Waals surface area (Å²) in [6.45, 7) is 0.0195. The molecule has 0 saturated carbocycles. The maximum Gasteiger partial charge on any atom is 0.269 e. The monoisotopic (exact) mass is 407 g/mol. The lowest BCUT2D eigenvalue weighted by Crippen LogP contribution is -2.12. The topological polar surface area (TPSA) is 61.6 Å². The van der Waals surface area contributed by atoms with E-state index in [1.165, 1.54) is 37.8 Å². The number of hydrogen-bond donors (Lipinski definition) is 0. The third-order valence-electron chi connectivity index (χ3n) is 4.10. The standard InChI is InChI=1S/C20H26NO4PS/c1-2-3-4-5-6-10-17-24-26(27,20-11-8-7-9-12-20)25-19-15-13-18(14-16-19)21(22)23/h7-9,11-16H,2-6,10,17H2,1H3. The Balaban J connectivity index is 2.02. The molecule has 0 aliphatic heterocycles. The van der Waals surface area contributed by atoms with Gasteiger partial charge < -0.3 is 9.05 Å². The summed E-state index contributed by atoms with van der Waals surface area (Å²) in [5.41, 5.74) is 0.0170. The van der Waals surface area contributed by atoms with Gasteiger partial charge in [-0.1, -0.05) is 57.2 Å². The number of benzene rings is 2. The van der Waals surface area contributed by atoms with Gasteiger partial charge in [0.2, 0.25) is 0 Å². The first-order valence-corrected chi connectivity index (χ1v) is 11.9. The minimum Gasteiger partial charge on any atom is -0.440 e. The molecule has 0 bridgehead atoms. The molecule has 0 aliphatic rings. The quantitative estimate of drug-likeness (QED) is 0.187. The average Bonchev–Trinajstić information content (AvgIpc) is 2.68. The van der Waals surface area contributed by atoms with Crippen LogP contribution in [0.1, 0.15) is 45.4 Å². The molecule has 0 saturated heterocycles. The number of nitrogens with zero attached hydrogens (tertiary/aromatic N) is 1. The van der Waals surface area contributed by atoms with E-state index >= 15 is 0 Å². The van der Waals surface area contributed by atoms with Crippen molar-refractivity contribution in [1.82, 2.24) is 0 Å². The van der Waals surface area contributed by atoms with Gasteiger partial charge in [0.25, 0.3) is 12.2 Å². The zero-order valence-corrected chi connectivity index (χ0v) is 17.3. The molecule has 0 heterocycles. The summed E-state index contributed by atoms with van der Waals surface area (Å²) in [7, 11) is 0. The Morgan fingerprint density at radius 1 is 0.963 bits per heavy atom. The summed E-state index contributed by atoms with van der Waals surface area (Å²) in [5, 5.41) is 11.7. The lowest BCUT2D eigenvalue weighted by molar-refractivity contribution is -0.384. The van der Waals surface area contributed by atoms with Crippen molar-refractivity contribution >= 4 is 29.3 Å². The van der Waals surface area contributed by atoms with Crippen molar-refractivity contribution in [2.24, 2.45) is 0 Å². The van der Waals surface area contributed by atoms with Gasteiger partial charge in [0.1, 0.15) is 5.75 Å². The van der Waals surface area contributed by atoms with Crippen molar-refractivity contribution in [3.8, 4) is 5.75 Å². The van der Waals surface area contributed by atoms with Crippen LogP contribution in [0.2, 0.25) is 0 Å². The second-order valence-electron chi connectivity index (χ2n) is 6.28. The van der Waals surface area contributed by atoms with E-state index in [-0.39, 0.29) is 5.69 Å². The minimum atomic E-state index is -2.73. The lowest BCUT2D eigenvalue weighted by Gasteiger charge is -2.23. The maximum atomic E-state index is 10.8. The summed E-state index contributed by atoms with van der Waals surface area (Å²) in [6.07, 6.45) is 7.01. The van der Waals surface area contributed by atoms with Gasteiger partial charge in [0.15, 0.2) is 0 Å². The van der Waals surface area contributed by atoms with Crippen LogP contribution < -0.4 is 9.83 Å². The molecule has 146 valence electrons. The van der Waals surface area contributed by atoms with Crippen LogP contribution >= 0.6 is 6.49 Å². The number of hydrogen-bond acceptors (Lipinski definition) is 5. The van der Waals surface area contributed by atoms with Crippen LogP contribution in [0.25, 0.3) is 0 Å². The predicted octanol–water partition coefficient (Wildman–Crippen LogP) is 5.99. The number of nitro groups is 1. The molecule has 2 aromatic carbocycles. The van der Waals surface area contributed by atoms with Gasteiger partial charge in [0.05, 0.1) is 11.5 Å². The molecule has 0 fully saturated rings. The minimum absolute atomic E-state index is 0.0170. The highest BCUT2D eigenvalue weighted by molar-refractivity contribution is 8.13. The molecule has 27 heavy (non-hydrogen) atoms. The third-order valence-corrected chi connectivity index (χ3v) is 7.18. The summed E-state index contributed by atoms with van der Waals surface area (Å²) in [6, 6.07) is 15.5. The molecule has 2 aromatic rings. The normalized spacial score (nSPS) is 13.1. The van der Waals surface area contributed by atoms with Crippen molar-refractivity contribution in [3.05, 3.63) is 64.7 Å². The predicted molar refractivity (Wildman–Crippen MR) is 113 cm³/mol. The lowest BCUT2D eigenvalue weighted by atomic mass is 10.1. The van der Waals surface area contributed by atoms with Crippen LogP contribution in [0.5, 0.6) is 5.75 Å². The second kappa shape index (κ2) is 11.2. The molecule has 0 N–H and O–H groups in total. The summed E-state index contributed by atoms with van der Waals surface area (Å²) in [5.74, 6) is 0.482. The molecule has 2 rings (SSSR count). The van der Waals surface area contributed by atoms with Gasteiger partial charge in [-0.15, -0.1) is 0 Å². The van der Waals surface area contributed by atoms with Crippen molar-refractivity contribution in [2.75, 3.05) is 6.61 Å². The van der Waals surface area contributed by atoms with Crippen LogP contribution in [0.3, 0.4) is 0 Å². The summed E-state index contributed by atoms with van der Waals surface area (Å²) in [4.78, 5) is 10.4. The SMILES string of the molecule is CCCCCCCCOP(=S)(Oc1ccc([N+](=O)[O-])cc1)c1ccccc1. The Bertz CT molecular complexity index is 752. The van der Waals surface area contributed by atoms with Crippen LogP contribution in [-0.2, 0) is 16.3 Å². The van der Waals surface area contributed by atoms with E-state index in [2.05, 4.69) is 6.92 Å². The van der Waals surface area contributed by atoms with E-state index in [0.29, 0.717) is 12.4 Å². The number of nitro benzene ring substituents is 1. The van der Waals surface area contributed by atoms with Crippen LogP contribution in [0, 0.1) is 10.1 Å². The van der Waals surface area contributed by atoms with Gasteiger partial charge in [0, 0.05) is 17.4 Å². The Labute approximate surface area is 166 Å². The molecular weight excluding hydrogens is 381 g/mol. The van der Waals surface area contributed by atoms with Gasteiger partial charge in [-0.3, -0.25) is 10.1 Å². The molecule has 0 spiro atoms. The van der Waals surface area contributed by atoms with Gasteiger partial charge in [-0.25, -0.2) is 0 Å². The van der Waals surface area contributed by atoms with Gasteiger partial charge in [-0.05, 0) is 42.5 Å². The fourth-order valence-corrected chi connectivity index (χ4v) is 5.06. The molecule has 7 heteroatoms. The largest absolute Gasteiger partial charge is 0.440 e. The van der Waals surface area contributed by atoms with Crippen molar-refractivity contribution < 1.29 is 14.0 Å².